The molecule has 0 fully saturated rings. The molecular weight excluding hydrogens is 218 g/mol. The second kappa shape index (κ2) is 3.70. The van der Waals surface area contributed by atoms with Crippen LogP contribution in [0.5, 0.6) is 0 Å². The van der Waals surface area contributed by atoms with Gasteiger partial charge in [-0.25, -0.2) is 0 Å². The van der Waals surface area contributed by atoms with Crippen LogP contribution in [0.3, 0.4) is 0 Å². The molecule has 0 bridgehead atoms. The van der Waals surface area contributed by atoms with Gasteiger partial charge in [0, 0.05) is 23.9 Å². The normalized spacial score (nSPS) is 11.9. The van der Waals surface area contributed by atoms with E-state index in [4.69, 9.17) is 0 Å². The molecule has 1 unspecified atom stereocenters. The monoisotopic (exact) mass is 227 g/mol. The highest BCUT2D eigenvalue weighted by Crippen LogP contribution is 2.33. The summed E-state index contributed by atoms with van der Waals surface area (Å²) in [6.07, 6.45) is 1.71. The van der Waals surface area contributed by atoms with E-state index in [9.17, 15) is 4.55 Å². The molecule has 0 N–H and O–H groups in total. The Kier molecular flexibility index (Phi) is 2.20. The maximum atomic E-state index is 11.6. The van der Waals surface area contributed by atoms with Crippen molar-refractivity contribution in [3.63, 3.8) is 0 Å². The van der Waals surface area contributed by atoms with Crippen LogP contribution < -0.4 is 0 Å². The fourth-order valence-electron chi connectivity index (χ4n) is 1.82. The highest BCUT2D eigenvalue weighted by atomic mass is 32.2. The maximum Gasteiger partial charge on any atom is 0.183 e. The molecule has 1 atom stereocenters. The molecule has 2 heterocycles. The number of benzene rings is 1. The Hall–Kier alpha value is -1.71. The summed E-state index contributed by atoms with van der Waals surface area (Å²) in [7, 11) is -1.00. The summed E-state index contributed by atoms with van der Waals surface area (Å²) in [5.41, 5.74) is 1.96. The molecule has 0 aliphatic rings. The molecule has 78 valence electrons. The third kappa shape index (κ3) is 1.41. The van der Waals surface area contributed by atoms with E-state index in [1.807, 2.05) is 42.5 Å². The Morgan fingerprint density at radius 2 is 1.81 bits per heavy atom. The molecule has 0 saturated heterocycles. The Balaban J connectivity index is 2.32. The zero-order valence-electron chi connectivity index (χ0n) is 8.46. The van der Waals surface area contributed by atoms with Crippen molar-refractivity contribution in [1.29, 1.82) is 0 Å². The van der Waals surface area contributed by atoms with Crippen molar-refractivity contribution in [1.82, 2.24) is 4.98 Å². The smallest absolute Gasteiger partial charge is 0.183 e. The summed E-state index contributed by atoms with van der Waals surface area (Å²) < 4.78 is 12.5. The average molecular weight is 227 g/mol. The summed E-state index contributed by atoms with van der Waals surface area (Å²) in [6, 6.07) is 13.7. The van der Waals surface area contributed by atoms with E-state index in [1.165, 1.54) is 0 Å². The zero-order chi connectivity index (χ0) is 11.0. The predicted molar refractivity (Wildman–Crippen MR) is 65.8 cm³/mol. The molecule has 0 amide bonds. The van der Waals surface area contributed by atoms with Crippen LogP contribution in [0.15, 0.2) is 54.0 Å². The first kappa shape index (κ1) is 9.51. The first-order valence-corrected chi connectivity index (χ1v) is 6.21. The third-order valence-corrected chi connectivity index (χ3v) is 3.75. The van der Waals surface area contributed by atoms with Gasteiger partial charge in [0.1, 0.15) is 5.38 Å². The minimum Gasteiger partial charge on any atom is -0.590 e. The first-order valence-electron chi connectivity index (χ1n) is 4.99. The van der Waals surface area contributed by atoms with Gasteiger partial charge in [-0.3, -0.25) is 4.98 Å². The van der Waals surface area contributed by atoms with Crippen LogP contribution in [-0.4, -0.2) is 9.54 Å². The number of nitrogens with zero attached hydrogens (tertiary/aromatic N) is 1. The molecule has 0 saturated carbocycles. The number of thiophene rings is 1. The largest absolute Gasteiger partial charge is 0.590 e. The van der Waals surface area contributed by atoms with Crippen molar-refractivity contribution in [2.45, 2.75) is 0 Å². The van der Waals surface area contributed by atoms with Crippen LogP contribution in [0, 0.1) is 0 Å². The average Bonchev–Trinajstić information content (AvgIpc) is 2.73. The van der Waals surface area contributed by atoms with Gasteiger partial charge < -0.3 is 4.55 Å². The summed E-state index contributed by atoms with van der Waals surface area (Å²) in [4.78, 5) is 4.37. The van der Waals surface area contributed by atoms with E-state index in [1.54, 1.807) is 11.6 Å². The molecule has 0 aliphatic carbocycles. The van der Waals surface area contributed by atoms with E-state index in [2.05, 4.69) is 4.98 Å². The van der Waals surface area contributed by atoms with E-state index in [0.717, 1.165) is 21.3 Å². The number of fused-ring (bicyclic) bond motifs is 1. The summed E-state index contributed by atoms with van der Waals surface area (Å²) in [5.74, 6) is 0. The van der Waals surface area contributed by atoms with Gasteiger partial charge in [-0.05, 0) is 10.8 Å². The molecular formula is C13H9NOS. The molecule has 0 spiro atoms. The fraction of sp³-hybridized carbons (Fsp3) is 0. The van der Waals surface area contributed by atoms with Gasteiger partial charge in [0.2, 0.25) is 0 Å². The molecule has 2 nitrogen and oxygen atoms in total. The van der Waals surface area contributed by atoms with Crippen LogP contribution in [-0.2, 0) is 0 Å². The topological polar surface area (TPSA) is 36.0 Å². The number of rotatable bonds is 1. The minimum atomic E-state index is -1.00. The van der Waals surface area contributed by atoms with Gasteiger partial charge in [0.25, 0.3) is 0 Å². The number of pyridine rings is 1. The van der Waals surface area contributed by atoms with Gasteiger partial charge in [0.15, 0.2) is 4.70 Å². The lowest BCUT2D eigenvalue weighted by atomic mass is 10.1. The molecule has 2 aromatic heterocycles. The standard InChI is InChI=1S/C13H9NOS/c15-16-9-7-11-12(16)6-8-14-13(11)10-4-2-1-3-5-10/h1-9H. The van der Waals surface area contributed by atoms with E-state index in [-0.39, 0.29) is 0 Å². The number of aromatic nitrogens is 1. The Labute approximate surface area is 96.0 Å². The van der Waals surface area contributed by atoms with Crippen molar-refractivity contribution in [3.05, 3.63) is 54.0 Å². The second-order valence-corrected chi connectivity index (χ2v) is 4.84. The Morgan fingerprint density at radius 3 is 2.62 bits per heavy atom. The molecule has 3 aromatic rings. The van der Waals surface area contributed by atoms with Gasteiger partial charge in [-0.15, -0.1) is 0 Å². The van der Waals surface area contributed by atoms with Crippen molar-refractivity contribution in [2.24, 2.45) is 0 Å². The molecule has 0 aliphatic heterocycles. The van der Waals surface area contributed by atoms with Crippen molar-refractivity contribution < 1.29 is 4.55 Å². The van der Waals surface area contributed by atoms with Crippen molar-refractivity contribution in [2.75, 3.05) is 0 Å². The maximum absolute atomic E-state index is 11.6. The van der Waals surface area contributed by atoms with Gasteiger partial charge in [-0.1, -0.05) is 30.3 Å². The number of hydrogen-bond acceptors (Lipinski definition) is 2. The lowest BCUT2D eigenvalue weighted by molar-refractivity contribution is 0.600. The molecule has 0 radical (unpaired) electrons. The highest BCUT2D eigenvalue weighted by molar-refractivity contribution is 7.30. The number of hydrogen-bond donors (Lipinski definition) is 0. The lowest BCUT2D eigenvalue weighted by Gasteiger charge is -2.00. The van der Waals surface area contributed by atoms with Crippen LogP contribution in [0.25, 0.3) is 21.3 Å². The first-order chi connectivity index (χ1) is 7.86. The van der Waals surface area contributed by atoms with E-state index in [0.29, 0.717) is 0 Å². The Bertz CT molecular complexity index is 631. The predicted octanol–water partition coefficient (Wildman–Crippen LogP) is 3.63. The molecule has 16 heavy (non-hydrogen) atoms. The van der Waals surface area contributed by atoms with Crippen LogP contribution in [0.1, 0.15) is 0 Å². The van der Waals surface area contributed by atoms with Gasteiger partial charge >= 0.3 is 0 Å². The van der Waals surface area contributed by atoms with Crippen LogP contribution >= 0.6 is 10.8 Å². The van der Waals surface area contributed by atoms with Crippen LogP contribution in [0.2, 0.25) is 0 Å². The summed E-state index contributed by atoms with van der Waals surface area (Å²) >= 11 is 0. The minimum absolute atomic E-state index is 0.855. The highest BCUT2D eigenvalue weighted by Gasteiger charge is 2.11. The van der Waals surface area contributed by atoms with Crippen molar-refractivity contribution in [3.8, 4) is 11.3 Å². The summed E-state index contributed by atoms with van der Waals surface area (Å²) in [5, 5.41) is 2.69. The van der Waals surface area contributed by atoms with Crippen molar-refractivity contribution >= 4 is 20.8 Å². The molecule has 1 aromatic carbocycles. The SMILES string of the molecule is [O-][s+]1ccc2c(-c3ccccc3)nccc21. The van der Waals surface area contributed by atoms with Gasteiger partial charge in [-0.2, -0.15) is 0 Å². The third-order valence-electron chi connectivity index (χ3n) is 2.57. The molecule has 3 rings (SSSR count). The quantitative estimate of drug-likeness (QED) is 0.595. The molecule has 3 heteroatoms. The van der Waals surface area contributed by atoms with Crippen LogP contribution in [0.4, 0.5) is 0 Å². The lowest BCUT2D eigenvalue weighted by Crippen LogP contribution is -1.82. The van der Waals surface area contributed by atoms with Gasteiger partial charge in [0.05, 0.1) is 11.1 Å². The Morgan fingerprint density at radius 1 is 1.00 bits per heavy atom. The van der Waals surface area contributed by atoms with E-state index >= 15 is 0 Å². The van der Waals surface area contributed by atoms with E-state index < -0.39 is 10.8 Å². The second-order valence-electron chi connectivity index (χ2n) is 3.54. The summed E-state index contributed by atoms with van der Waals surface area (Å²) in [6.45, 7) is 0. The zero-order valence-corrected chi connectivity index (χ0v) is 9.28. The fourth-order valence-corrected chi connectivity index (χ4v) is 2.80.